The molecule has 0 aliphatic carbocycles. The minimum atomic E-state index is -0.308. The molecule has 0 unspecified atom stereocenters. The molecule has 0 radical (unpaired) electrons. The van der Waals surface area contributed by atoms with Crippen LogP contribution in [0, 0.1) is 0 Å². The van der Waals surface area contributed by atoms with Crippen LogP contribution in [0.1, 0.15) is 31.2 Å². The molecule has 1 aromatic carbocycles. The van der Waals surface area contributed by atoms with E-state index < -0.39 is 0 Å². The summed E-state index contributed by atoms with van der Waals surface area (Å²) < 4.78 is 5.40. The third kappa shape index (κ3) is 4.44. The van der Waals surface area contributed by atoms with Crippen molar-refractivity contribution in [1.82, 2.24) is 4.90 Å². The number of benzene rings is 1. The van der Waals surface area contributed by atoms with Crippen molar-refractivity contribution < 1.29 is 14.6 Å². The number of ether oxygens (including phenoxy) is 1. The van der Waals surface area contributed by atoms with Gasteiger partial charge in [0.15, 0.2) is 0 Å². The van der Waals surface area contributed by atoms with Crippen molar-refractivity contribution in [2.24, 2.45) is 5.73 Å². The molecule has 1 amide bonds. The van der Waals surface area contributed by atoms with Crippen LogP contribution in [0.4, 0.5) is 4.79 Å². The fraction of sp³-hybridized carbons (Fsp3) is 0.562. The largest absolute Gasteiger partial charge is 0.445 e. The minimum absolute atomic E-state index is 0.0332. The van der Waals surface area contributed by atoms with Crippen LogP contribution in [0.3, 0.4) is 0 Å². The van der Waals surface area contributed by atoms with Crippen LogP contribution >= 0.6 is 0 Å². The second-order valence-electron chi connectivity index (χ2n) is 5.47. The maximum atomic E-state index is 12.3. The first-order chi connectivity index (χ1) is 10.2. The van der Waals surface area contributed by atoms with Crippen LogP contribution in [0.5, 0.6) is 0 Å². The predicted molar refractivity (Wildman–Crippen MR) is 80.7 cm³/mol. The SMILES string of the molecule is N[C@@H](CCO)[C@@H]1CCCCN1C(=O)OCc1ccccc1. The van der Waals surface area contributed by atoms with Gasteiger partial charge in [0.1, 0.15) is 6.61 Å². The van der Waals surface area contributed by atoms with Gasteiger partial charge in [0.25, 0.3) is 0 Å². The standard InChI is InChI=1S/C16H24N2O3/c17-14(9-11-19)15-8-4-5-10-18(15)16(20)21-12-13-6-2-1-3-7-13/h1-3,6-7,14-15,19H,4-5,8-12,17H2/t14-,15-/m0/s1. The highest BCUT2D eigenvalue weighted by Gasteiger charge is 2.31. The molecule has 0 aromatic heterocycles. The molecule has 5 nitrogen and oxygen atoms in total. The molecule has 2 rings (SSSR count). The van der Waals surface area contributed by atoms with Crippen molar-refractivity contribution in [3.63, 3.8) is 0 Å². The third-order valence-corrected chi connectivity index (χ3v) is 3.95. The van der Waals surface area contributed by atoms with Crippen molar-refractivity contribution in [3.05, 3.63) is 35.9 Å². The Kier molecular flexibility index (Phi) is 6.02. The van der Waals surface area contributed by atoms with Gasteiger partial charge in [-0.1, -0.05) is 30.3 Å². The van der Waals surface area contributed by atoms with Crippen LogP contribution < -0.4 is 5.73 Å². The molecule has 116 valence electrons. The number of piperidine rings is 1. The Balaban J connectivity index is 1.92. The van der Waals surface area contributed by atoms with Crippen LogP contribution in [-0.4, -0.2) is 41.3 Å². The Hall–Kier alpha value is -1.59. The summed E-state index contributed by atoms with van der Waals surface area (Å²) in [5, 5.41) is 9.03. The maximum Gasteiger partial charge on any atom is 0.410 e. The summed E-state index contributed by atoms with van der Waals surface area (Å²) in [5.74, 6) is 0. The molecular formula is C16H24N2O3. The molecule has 1 aromatic rings. The molecule has 1 fully saturated rings. The summed E-state index contributed by atoms with van der Waals surface area (Å²) in [6.07, 6.45) is 3.11. The lowest BCUT2D eigenvalue weighted by molar-refractivity contribution is 0.0587. The first kappa shape index (κ1) is 15.8. The van der Waals surface area contributed by atoms with Gasteiger partial charge >= 0.3 is 6.09 Å². The van der Waals surface area contributed by atoms with E-state index in [9.17, 15) is 4.79 Å². The molecule has 21 heavy (non-hydrogen) atoms. The monoisotopic (exact) mass is 292 g/mol. The zero-order valence-electron chi connectivity index (χ0n) is 12.3. The van der Waals surface area contributed by atoms with E-state index in [1.54, 1.807) is 4.90 Å². The van der Waals surface area contributed by atoms with E-state index in [0.717, 1.165) is 24.8 Å². The molecule has 1 aliphatic rings. The van der Waals surface area contributed by atoms with Gasteiger partial charge in [-0.05, 0) is 31.2 Å². The fourth-order valence-electron chi connectivity index (χ4n) is 2.77. The average molecular weight is 292 g/mol. The summed E-state index contributed by atoms with van der Waals surface area (Å²) in [7, 11) is 0. The first-order valence-corrected chi connectivity index (χ1v) is 7.56. The van der Waals surface area contributed by atoms with Gasteiger partial charge in [0, 0.05) is 19.2 Å². The maximum absolute atomic E-state index is 12.3. The van der Waals surface area contributed by atoms with Gasteiger partial charge in [0.2, 0.25) is 0 Å². The zero-order valence-corrected chi connectivity index (χ0v) is 12.3. The number of hydrogen-bond acceptors (Lipinski definition) is 4. The van der Waals surface area contributed by atoms with Gasteiger partial charge in [-0.2, -0.15) is 0 Å². The molecule has 0 saturated carbocycles. The number of carbonyl (C=O) groups is 1. The quantitative estimate of drug-likeness (QED) is 0.869. The molecule has 2 atom stereocenters. The molecule has 0 bridgehead atoms. The molecule has 0 spiro atoms. The van der Waals surface area contributed by atoms with Gasteiger partial charge in [0.05, 0.1) is 6.04 Å². The lowest BCUT2D eigenvalue weighted by Gasteiger charge is -2.38. The molecule has 3 N–H and O–H groups in total. The smallest absolute Gasteiger partial charge is 0.410 e. The molecule has 5 heteroatoms. The fourth-order valence-corrected chi connectivity index (χ4v) is 2.77. The number of nitrogens with two attached hydrogens (primary N) is 1. The van der Waals surface area contributed by atoms with Crippen LogP contribution in [0.15, 0.2) is 30.3 Å². The molecule has 1 heterocycles. The average Bonchev–Trinajstić information content (AvgIpc) is 2.54. The van der Waals surface area contributed by atoms with Crippen LogP contribution in [0.25, 0.3) is 0 Å². The molecular weight excluding hydrogens is 268 g/mol. The predicted octanol–water partition coefficient (Wildman–Crippen LogP) is 1.89. The lowest BCUT2D eigenvalue weighted by atomic mass is 9.95. The van der Waals surface area contributed by atoms with Crippen molar-refractivity contribution in [2.75, 3.05) is 13.2 Å². The Bertz CT molecular complexity index is 438. The normalized spacial score (nSPS) is 20.1. The van der Waals surface area contributed by atoms with Gasteiger partial charge < -0.3 is 20.5 Å². The van der Waals surface area contributed by atoms with Crippen molar-refractivity contribution in [2.45, 2.75) is 44.4 Å². The molecule has 1 saturated heterocycles. The Morgan fingerprint density at radius 1 is 1.38 bits per heavy atom. The number of nitrogens with zero attached hydrogens (tertiary/aromatic N) is 1. The van der Waals surface area contributed by atoms with Gasteiger partial charge in [-0.3, -0.25) is 0 Å². The highest BCUT2D eigenvalue weighted by Crippen LogP contribution is 2.21. The summed E-state index contributed by atoms with van der Waals surface area (Å²) in [6.45, 7) is 1.00. The number of likely N-dealkylation sites (tertiary alicyclic amines) is 1. The lowest BCUT2D eigenvalue weighted by Crippen LogP contribution is -2.53. The second kappa shape index (κ2) is 8.00. The van der Waals surface area contributed by atoms with Crippen LogP contribution in [0.2, 0.25) is 0 Å². The Labute approximate surface area is 125 Å². The first-order valence-electron chi connectivity index (χ1n) is 7.56. The van der Waals surface area contributed by atoms with E-state index in [1.165, 1.54) is 0 Å². The van der Waals surface area contributed by atoms with Gasteiger partial charge in [-0.25, -0.2) is 4.79 Å². The summed E-state index contributed by atoms with van der Waals surface area (Å²) in [4.78, 5) is 14.0. The van der Waals surface area contributed by atoms with E-state index in [4.69, 9.17) is 15.6 Å². The van der Waals surface area contributed by atoms with Crippen molar-refractivity contribution >= 4 is 6.09 Å². The van der Waals surface area contributed by atoms with E-state index in [0.29, 0.717) is 13.0 Å². The van der Waals surface area contributed by atoms with E-state index in [2.05, 4.69) is 0 Å². The Morgan fingerprint density at radius 3 is 2.86 bits per heavy atom. The number of rotatable bonds is 5. The summed E-state index contributed by atoms with van der Waals surface area (Å²) in [6, 6.07) is 9.40. The number of aliphatic hydroxyl groups is 1. The number of amides is 1. The highest BCUT2D eigenvalue weighted by atomic mass is 16.6. The number of aliphatic hydroxyl groups excluding tert-OH is 1. The Morgan fingerprint density at radius 2 is 2.14 bits per heavy atom. The summed E-state index contributed by atoms with van der Waals surface area (Å²) in [5.41, 5.74) is 7.06. The van der Waals surface area contributed by atoms with E-state index in [1.807, 2.05) is 30.3 Å². The van der Waals surface area contributed by atoms with Crippen LogP contribution in [-0.2, 0) is 11.3 Å². The zero-order chi connectivity index (χ0) is 15.1. The summed E-state index contributed by atoms with van der Waals surface area (Å²) >= 11 is 0. The van der Waals surface area contributed by atoms with Gasteiger partial charge in [-0.15, -0.1) is 0 Å². The van der Waals surface area contributed by atoms with E-state index >= 15 is 0 Å². The van der Waals surface area contributed by atoms with Crippen molar-refractivity contribution in [1.29, 1.82) is 0 Å². The molecule has 1 aliphatic heterocycles. The number of hydrogen-bond donors (Lipinski definition) is 2. The number of carbonyl (C=O) groups excluding carboxylic acids is 1. The van der Waals surface area contributed by atoms with Crippen molar-refractivity contribution in [3.8, 4) is 0 Å². The third-order valence-electron chi connectivity index (χ3n) is 3.95. The second-order valence-corrected chi connectivity index (χ2v) is 5.47. The topological polar surface area (TPSA) is 75.8 Å². The minimum Gasteiger partial charge on any atom is -0.445 e. The van der Waals surface area contributed by atoms with E-state index in [-0.39, 0.29) is 31.4 Å². The highest BCUT2D eigenvalue weighted by molar-refractivity contribution is 5.68.